The van der Waals surface area contributed by atoms with Crippen LogP contribution in [0, 0.1) is 0 Å². The lowest BCUT2D eigenvalue weighted by atomic mass is 9.90. The quantitative estimate of drug-likeness (QED) is 0.794. The molecule has 1 fully saturated rings. The van der Waals surface area contributed by atoms with Gasteiger partial charge in [-0.3, -0.25) is 4.90 Å². The van der Waals surface area contributed by atoms with Crippen molar-refractivity contribution in [2.45, 2.75) is 58.3 Å². The molecule has 0 saturated carbocycles. The molecule has 0 bridgehead atoms. The van der Waals surface area contributed by atoms with E-state index >= 15 is 0 Å². The maximum absolute atomic E-state index is 12.0. The molecule has 2 atom stereocenters. The average molecular weight is 327 g/mol. The van der Waals surface area contributed by atoms with E-state index in [0.29, 0.717) is 0 Å². The zero-order valence-electron chi connectivity index (χ0n) is 14.5. The highest BCUT2D eigenvalue weighted by atomic mass is 16.5. The number of benzene rings is 1. The second-order valence-corrected chi connectivity index (χ2v) is 7.37. The van der Waals surface area contributed by atoms with Crippen molar-refractivity contribution in [1.29, 1.82) is 0 Å². The van der Waals surface area contributed by atoms with Gasteiger partial charge in [-0.1, -0.05) is 0 Å². The van der Waals surface area contributed by atoms with Crippen LogP contribution in [-0.2, 0) is 24.1 Å². The SMILES string of the molecule is CC1CN(Cc2cc(=O)oc3cc4c(cc23)CCCC4)CC(C)O1. The van der Waals surface area contributed by atoms with Gasteiger partial charge >= 0.3 is 5.63 Å². The minimum absolute atomic E-state index is 0.230. The molecule has 0 N–H and O–H groups in total. The number of fused-ring (bicyclic) bond motifs is 2. The largest absolute Gasteiger partial charge is 0.423 e. The van der Waals surface area contributed by atoms with Crippen molar-refractivity contribution in [3.63, 3.8) is 0 Å². The number of hydrogen-bond acceptors (Lipinski definition) is 4. The molecule has 24 heavy (non-hydrogen) atoms. The first-order chi connectivity index (χ1) is 11.6. The number of morpholine rings is 1. The summed E-state index contributed by atoms with van der Waals surface area (Å²) in [5, 5.41) is 1.10. The summed E-state index contributed by atoms with van der Waals surface area (Å²) in [6.07, 6.45) is 5.17. The minimum atomic E-state index is -0.248. The van der Waals surface area contributed by atoms with Crippen LogP contribution in [0.25, 0.3) is 11.0 Å². The molecule has 0 amide bonds. The summed E-state index contributed by atoms with van der Waals surface area (Å²) in [4.78, 5) is 14.4. The van der Waals surface area contributed by atoms with Gasteiger partial charge in [0.05, 0.1) is 12.2 Å². The molecule has 4 rings (SSSR count). The van der Waals surface area contributed by atoms with Gasteiger partial charge in [0, 0.05) is 31.1 Å². The van der Waals surface area contributed by atoms with Gasteiger partial charge in [0.25, 0.3) is 0 Å². The van der Waals surface area contributed by atoms with Crippen LogP contribution in [0.2, 0.25) is 0 Å². The third-order valence-corrected chi connectivity index (χ3v) is 5.18. The Hall–Kier alpha value is -1.65. The highest BCUT2D eigenvalue weighted by molar-refractivity contribution is 5.82. The van der Waals surface area contributed by atoms with E-state index in [1.54, 1.807) is 6.07 Å². The van der Waals surface area contributed by atoms with Gasteiger partial charge in [-0.15, -0.1) is 0 Å². The number of hydrogen-bond donors (Lipinski definition) is 0. The lowest BCUT2D eigenvalue weighted by Crippen LogP contribution is -2.44. The second-order valence-electron chi connectivity index (χ2n) is 7.37. The Labute approximate surface area is 142 Å². The van der Waals surface area contributed by atoms with Crippen LogP contribution in [0.3, 0.4) is 0 Å². The van der Waals surface area contributed by atoms with E-state index in [9.17, 15) is 4.79 Å². The summed E-state index contributed by atoms with van der Waals surface area (Å²) in [6.45, 7) is 6.79. The van der Waals surface area contributed by atoms with Crippen LogP contribution in [0.15, 0.2) is 27.4 Å². The molecule has 1 aliphatic heterocycles. The Morgan fingerprint density at radius 2 is 1.71 bits per heavy atom. The highest BCUT2D eigenvalue weighted by Gasteiger charge is 2.23. The lowest BCUT2D eigenvalue weighted by Gasteiger charge is -2.35. The molecule has 2 aliphatic rings. The van der Waals surface area contributed by atoms with Crippen molar-refractivity contribution in [3.8, 4) is 0 Å². The van der Waals surface area contributed by atoms with Gasteiger partial charge in [0.15, 0.2) is 0 Å². The van der Waals surface area contributed by atoms with Crippen LogP contribution in [0.5, 0.6) is 0 Å². The Balaban J connectivity index is 1.72. The zero-order valence-corrected chi connectivity index (χ0v) is 14.5. The molecule has 2 unspecified atom stereocenters. The van der Waals surface area contributed by atoms with Crippen molar-refractivity contribution in [3.05, 3.63) is 45.3 Å². The van der Waals surface area contributed by atoms with Crippen LogP contribution in [0.1, 0.15) is 43.4 Å². The van der Waals surface area contributed by atoms with Gasteiger partial charge < -0.3 is 9.15 Å². The fourth-order valence-corrected chi connectivity index (χ4v) is 4.24. The highest BCUT2D eigenvalue weighted by Crippen LogP contribution is 2.28. The minimum Gasteiger partial charge on any atom is -0.423 e. The average Bonchev–Trinajstić information content (AvgIpc) is 2.52. The summed E-state index contributed by atoms with van der Waals surface area (Å²) in [5.74, 6) is 0. The summed E-state index contributed by atoms with van der Waals surface area (Å²) in [6, 6.07) is 6.02. The third kappa shape index (κ3) is 3.13. The van der Waals surface area contributed by atoms with Gasteiger partial charge in [0.2, 0.25) is 0 Å². The van der Waals surface area contributed by atoms with E-state index in [4.69, 9.17) is 9.15 Å². The van der Waals surface area contributed by atoms with Gasteiger partial charge in [0.1, 0.15) is 5.58 Å². The van der Waals surface area contributed by atoms with Crippen LogP contribution in [0.4, 0.5) is 0 Å². The molecule has 0 spiro atoms. The third-order valence-electron chi connectivity index (χ3n) is 5.18. The molecular weight excluding hydrogens is 302 g/mol. The molecule has 1 aromatic carbocycles. The monoisotopic (exact) mass is 327 g/mol. The fourth-order valence-electron chi connectivity index (χ4n) is 4.24. The summed E-state index contributed by atoms with van der Waals surface area (Å²) in [7, 11) is 0. The van der Waals surface area contributed by atoms with Gasteiger partial charge in [-0.2, -0.15) is 0 Å². The molecule has 2 aromatic rings. The Morgan fingerprint density at radius 3 is 2.42 bits per heavy atom. The lowest BCUT2D eigenvalue weighted by molar-refractivity contribution is -0.0704. The van der Waals surface area contributed by atoms with Crippen molar-refractivity contribution < 1.29 is 9.15 Å². The number of nitrogens with zero attached hydrogens (tertiary/aromatic N) is 1. The molecule has 128 valence electrons. The topological polar surface area (TPSA) is 42.7 Å². The Bertz CT molecular complexity index is 800. The van der Waals surface area contributed by atoms with E-state index in [0.717, 1.165) is 49.0 Å². The van der Waals surface area contributed by atoms with E-state index < -0.39 is 0 Å². The Kier molecular flexibility index (Phi) is 4.19. The van der Waals surface area contributed by atoms with Crippen molar-refractivity contribution in [2.24, 2.45) is 0 Å². The first-order valence-electron chi connectivity index (χ1n) is 9.05. The van der Waals surface area contributed by atoms with Crippen molar-refractivity contribution in [1.82, 2.24) is 4.90 Å². The molecule has 2 heterocycles. The van der Waals surface area contributed by atoms with Crippen molar-refractivity contribution in [2.75, 3.05) is 13.1 Å². The fraction of sp³-hybridized carbons (Fsp3) is 0.550. The first kappa shape index (κ1) is 15.9. The van der Waals surface area contributed by atoms with E-state index in [1.165, 1.54) is 24.0 Å². The van der Waals surface area contributed by atoms with Crippen molar-refractivity contribution >= 4 is 11.0 Å². The molecule has 1 aromatic heterocycles. The predicted octanol–water partition coefficient (Wildman–Crippen LogP) is 3.28. The summed E-state index contributed by atoms with van der Waals surface area (Å²) < 4.78 is 11.3. The predicted molar refractivity (Wildman–Crippen MR) is 94.4 cm³/mol. The number of ether oxygens (including phenoxy) is 1. The molecule has 0 radical (unpaired) electrons. The van der Waals surface area contributed by atoms with E-state index in [1.807, 2.05) is 0 Å². The van der Waals surface area contributed by atoms with E-state index in [-0.39, 0.29) is 17.8 Å². The Morgan fingerprint density at radius 1 is 1.04 bits per heavy atom. The molecule has 1 aliphatic carbocycles. The normalized spacial score (nSPS) is 24.9. The molecule has 4 nitrogen and oxygen atoms in total. The summed E-state index contributed by atoms with van der Waals surface area (Å²) >= 11 is 0. The number of aryl methyl sites for hydroxylation is 2. The molecule has 4 heteroatoms. The molecule has 1 saturated heterocycles. The maximum atomic E-state index is 12.0. The molecular formula is C20H25NO3. The van der Waals surface area contributed by atoms with Crippen LogP contribution in [-0.4, -0.2) is 30.2 Å². The van der Waals surface area contributed by atoms with Gasteiger partial charge in [-0.25, -0.2) is 4.79 Å². The summed E-state index contributed by atoms with van der Waals surface area (Å²) in [5.41, 5.74) is 4.35. The zero-order chi connectivity index (χ0) is 16.7. The second kappa shape index (κ2) is 6.34. The van der Waals surface area contributed by atoms with Gasteiger partial charge in [-0.05, 0) is 68.4 Å². The maximum Gasteiger partial charge on any atom is 0.336 e. The standard InChI is InChI=1S/C20H25NO3/c1-13-10-21(11-14(2)23-13)12-17-9-20(22)24-19-8-16-6-4-3-5-15(16)7-18(17)19/h7-9,13-14H,3-6,10-12H2,1-2H3. The van der Waals surface area contributed by atoms with E-state index in [2.05, 4.69) is 30.9 Å². The first-order valence-corrected chi connectivity index (χ1v) is 9.05. The van der Waals surface area contributed by atoms with Crippen LogP contribution >= 0.6 is 0 Å². The smallest absolute Gasteiger partial charge is 0.336 e. The number of rotatable bonds is 2. The van der Waals surface area contributed by atoms with Crippen LogP contribution < -0.4 is 5.63 Å².